The molecule has 0 saturated carbocycles. The number of nitrogens with zero attached hydrogens (tertiary/aromatic N) is 1. The van der Waals surface area contributed by atoms with Crippen molar-refractivity contribution in [2.45, 2.75) is 99.0 Å². The maximum atomic E-state index is 11.8. The highest BCUT2D eigenvalue weighted by Crippen LogP contribution is 2.20. The molecule has 0 aliphatic rings. The number of ether oxygens (including phenoxy) is 3. The largest absolute Gasteiger partial charge is 0.463 e. The van der Waals surface area contributed by atoms with Crippen LogP contribution in [0.4, 0.5) is 0 Å². The Morgan fingerprint density at radius 1 is 0.733 bits per heavy atom. The zero-order valence-electron chi connectivity index (χ0n) is 20.3. The van der Waals surface area contributed by atoms with Crippen molar-refractivity contribution in [2.75, 3.05) is 26.4 Å². The average molecular weight is 426 g/mol. The van der Waals surface area contributed by atoms with Crippen molar-refractivity contribution < 1.29 is 23.8 Å². The minimum absolute atomic E-state index is 0.0464. The first-order valence-corrected chi connectivity index (χ1v) is 11.3. The molecule has 0 aliphatic heterocycles. The smallest absolute Gasteiger partial charge is 0.306 e. The van der Waals surface area contributed by atoms with Gasteiger partial charge in [-0.05, 0) is 59.8 Å². The van der Waals surface area contributed by atoms with E-state index in [0.717, 1.165) is 31.4 Å². The van der Waals surface area contributed by atoms with Crippen LogP contribution in [0.5, 0.6) is 0 Å². The Balaban J connectivity index is 3.81. The number of allylic oxidation sites excluding steroid dienone is 2. The van der Waals surface area contributed by atoms with Crippen LogP contribution in [0.15, 0.2) is 16.1 Å². The van der Waals surface area contributed by atoms with Crippen molar-refractivity contribution in [1.29, 1.82) is 0 Å². The van der Waals surface area contributed by atoms with Crippen LogP contribution in [-0.4, -0.2) is 49.6 Å². The van der Waals surface area contributed by atoms with Crippen LogP contribution in [0, 0.1) is 0 Å². The van der Waals surface area contributed by atoms with Gasteiger partial charge in [-0.2, -0.15) is 0 Å². The number of esters is 2. The van der Waals surface area contributed by atoms with Crippen LogP contribution in [0.2, 0.25) is 0 Å². The van der Waals surface area contributed by atoms with Gasteiger partial charge in [-0.25, -0.2) is 0 Å². The fourth-order valence-corrected chi connectivity index (χ4v) is 2.69. The topological polar surface area (TPSA) is 74.2 Å². The van der Waals surface area contributed by atoms with Crippen molar-refractivity contribution in [1.82, 2.24) is 0 Å². The lowest BCUT2D eigenvalue weighted by atomic mass is 9.96. The summed E-state index contributed by atoms with van der Waals surface area (Å²) in [6.07, 6.45) is 5.01. The lowest BCUT2D eigenvalue weighted by Gasteiger charge is -2.22. The highest BCUT2D eigenvalue weighted by molar-refractivity contribution is 5.85. The maximum Gasteiger partial charge on any atom is 0.306 e. The molecule has 6 nitrogen and oxygen atoms in total. The second-order valence-corrected chi connectivity index (χ2v) is 8.02. The first-order valence-electron chi connectivity index (χ1n) is 11.3. The van der Waals surface area contributed by atoms with Crippen molar-refractivity contribution in [2.24, 2.45) is 4.99 Å². The van der Waals surface area contributed by atoms with E-state index in [-0.39, 0.29) is 37.3 Å². The SMILES string of the molecule is CCC(C)=C(C)CCC(=O)OCCOCCOC(=O)CCC(C)=NC(C)(CC)CC. The van der Waals surface area contributed by atoms with Crippen LogP contribution >= 0.6 is 0 Å². The van der Waals surface area contributed by atoms with Gasteiger partial charge in [-0.3, -0.25) is 14.6 Å². The summed E-state index contributed by atoms with van der Waals surface area (Å²) in [6, 6.07) is 0. The minimum atomic E-state index is -0.250. The standard InChI is InChI=1S/C24H43NO5/c1-8-19(4)20(5)11-13-22(26)29-17-15-28-16-18-30-23(27)14-12-21(6)25-24(7,9-2)10-3/h8-18H2,1-7H3. The predicted molar refractivity (Wildman–Crippen MR) is 122 cm³/mol. The van der Waals surface area contributed by atoms with E-state index >= 15 is 0 Å². The Kier molecular flexibility index (Phi) is 15.2. The summed E-state index contributed by atoms with van der Waals surface area (Å²) in [6.45, 7) is 15.6. The number of aliphatic imine (C=N–C) groups is 1. The van der Waals surface area contributed by atoms with Gasteiger partial charge < -0.3 is 14.2 Å². The first kappa shape index (κ1) is 28.3. The number of rotatable bonds is 16. The van der Waals surface area contributed by atoms with Crippen LogP contribution in [0.1, 0.15) is 93.4 Å². The molecular weight excluding hydrogens is 382 g/mol. The molecule has 0 aromatic heterocycles. The van der Waals surface area contributed by atoms with Crippen LogP contribution in [0.3, 0.4) is 0 Å². The summed E-state index contributed by atoms with van der Waals surface area (Å²) in [5.74, 6) is -0.465. The number of hydrogen-bond acceptors (Lipinski definition) is 6. The summed E-state index contributed by atoms with van der Waals surface area (Å²) in [5.41, 5.74) is 3.50. The average Bonchev–Trinajstić information content (AvgIpc) is 2.74. The second-order valence-electron chi connectivity index (χ2n) is 8.02. The molecule has 0 N–H and O–H groups in total. The summed E-state index contributed by atoms with van der Waals surface area (Å²) in [4.78, 5) is 28.3. The molecule has 6 heteroatoms. The molecule has 0 unspecified atom stereocenters. The highest BCUT2D eigenvalue weighted by atomic mass is 16.6. The minimum Gasteiger partial charge on any atom is -0.463 e. The van der Waals surface area contributed by atoms with E-state index in [4.69, 9.17) is 19.2 Å². The quantitative estimate of drug-likeness (QED) is 0.143. The first-order chi connectivity index (χ1) is 14.2. The number of carbonyl (C=O) groups excluding carboxylic acids is 2. The van der Waals surface area contributed by atoms with Gasteiger partial charge in [0.1, 0.15) is 13.2 Å². The van der Waals surface area contributed by atoms with Gasteiger partial charge in [0, 0.05) is 12.1 Å². The fourth-order valence-electron chi connectivity index (χ4n) is 2.69. The molecule has 0 heterocycles. The van der Waals surface area contributed by atoms with E-state index in [1.807, 2.05) is 6.92 Å². The normalized spacial score (nSPS) is 13.1. The Morgan fingerprint density at radius 3 is 1.70 bits per heavy atom. The van der Waals surface area contributed by atoms with E-state index in [1.54, 1.807) is 0 Å². The monoisotopic (exact) mass is 425 g/mol. The molecule has 0 atom stereocenters. The third-order valence-corrected chi connectivity index (χ3v) is 5.62. The van der Waals surface area contributed by atoms with Gasteiger partial charge >= 0.3 is 11.9 Å². The molecule has 0 aromatic rings. The Morgan fingerprint density at radius 2 is 1.23 bits per heavy atom. The number of hydrogen-bond donors (Lipinski definition) is 0. The fraction of sp³-hybridized carbons (Fsp3) is 0.792. The molecule has 0 saturated heterocycles. The van der Waals surface area contributed by atoms with E-state index in [1.165, 1.54) is 11.1 Å². The molecule has 0 spiro atoms. The van der Waals surface area contributed by atoms with Crippen LogP contribution in [-0.2, 0) is 23.8 Å². The summed E-state index contributed by atoms with van der Waals surface area (Å²) in [7, 11) is 0. The Labute approximate surface area is 183 Å². The predicted octanol–water partition coefficient (Wildman–Crippen LogP) is 5.44. The molecule has 30 heavy (non-hydrogen) atoms. The lowest BCUT2D eigenvalue weighted by Crippen LogP contribution is -2.21. The van der Waals surface area contributed by atoms with Crippen LogP contribution in [0.25, 0.3) is 0 Å². The molecule has 0 aliphatic carbocycles. The van der Waals surface area contributed by atoms with Gasteiger partial charge in [-0.15, -0.1) is 0 Å². The van der Waals surface area contributed by atoms with E-state index in [9.17, 15) is 9.59 Å². The zero-order chi connectivity index (χ0) is 23.0. The molecule has 0 fully saturated rings. The van der Waals surface area contributed by atoms with Gasteiger partial charge in [0.2, 0.25) is 0 Å². The van der Waals surface area contributed by atoms with Crippen molar-refractivity contribution >= 4 is 17.7 Å². The molecule has 0 bridgehead atoms. The van der Waals surface area contributed by atoms with E-state index < -0.39 is 0 Å². The van der Waals surface area contributed by atoms with Gasteiger partial charge in [0.25, 0.3) is 0 Å². The third kappa shape index (κ3) is 13.5. The Bertz CT molecular complexity index is 576. The summed E-state index contributed by atoms with van der Waals surface area (Å²) in [5, 5.41) is 0. The van der Waals surface area contributed by atoms with E-state index in [0.29, 0.717) is 25.9 Å². The van der Waals surface area contributed by atoms with E-state index in [2.05, 4.69) is 41.5 Å². The lowest BCUT2D eigenvalue weighted by molar-refractivity contribution is -0.146. The molecule has 0 amide bonds. The second kappa shape index (κ2) is 16.1. The summed E-state index contributed by atoms with van der Waals surface area (Å²) < 4.78 is 15.7. The number of carbonyl (C=O) groups is 2. The molecule has 0 radical (unpaired) electrons. The highest BCUT2D eigenvalue weighted by Gasteiger charge is 2.18. The molecule has 174 valence electrons. The summed E-state index contributed by atoms with van der Waals surface area (Å²) >= 11 is 0. The Hall–Kier alpha value is -1.69. The van der Waals surface area contributed by atoms with Gasteiger partial charge in [0.15, 0.2) is 0 Å². The van der Waals surface area contributed by atoms with Crippen molar-refractivity contribution in [3.63, 3.8) is 0 Å². The van der Waals surface area contributed by atoms with Crippen molar-refractivity contribution in [3.8, 4) is 0 Å². The molecule has 0 rings (SSSR count). The van der Waals surface area contributed by atoms with Gasteiger partial charge in [0.05, 0.1) is 25.2 Å². The zero-order valence-corrected chi connectivity index (χ0v) is 20.3. The van der Waals surface area contributed by atoms with Gasteiger partial charge in [-0.1, -0.05) is 31.9 Å². The van der Waals surface area contributed by atoms with Crippen LogP contribution < -0.4 is 0 Å². The third-order valence-electron chi connectivity index (χ3n) is 5.62. The molecule has 0 aromatic carbocycles. The van der Waals surface area contributed by atoms with Crippen molar-refractivity contribution in [3.05, 3.63) is 11.1 Å². The maximum absolute atomic E-state index is 11.8. The molecular formula is C24H43NO5.